The summed E-state index contributed by atoms with van der Waals surface area (Å²) < 4.78 is 7.25. The van der Waals surface area contributed by atoms with Gasteiger partial charge in [0.25, 0.3) is 0 Å². The molecule has 0 aliphatic heterocycles. The Morgan fingerprint density at radius 1 is 1.00 bits per heavy atom. The van der Waals surface area contributed by atoms with Crippen LogP contribution in [0.4, 0.5) is 0 Å². The molecule has 0 aliphatic carbocycles. The second-order valence-corrected chi connectivity index (χ2v) is 5.49. The highest BCUT2D eigenvalue weighted by atomic mass is 16.5. The first kappa shape index (κ1) is 13.6. The first-order valence-electron chi connectivity index (χ1n) is 7.33. The number of hydrogen-bond acceptors (Lipinski definition) is 3. The van der Waals surface area contributed by atoms with Crippen LogP contribution in [0.1, 0.15) is 0 Å². The zero-order valence-electron chi connectivity index (χ0n) is 12.9. The first-order valence-corrected chi connectivity index (χ1v) is 7.33. The van der Waals surface area contributed by atoms with E-state index in [-0.39, 0.29) is 0 Å². The number of hydrogen-bond donors (Lipinski definition) is 1. The number of H-pyrrole nitrogens is 1. The third-order valence-corrected chi connectivity index (χ3v) is 4.00. The molecule has 0 unspecified atom stereocenters. The van der Waals surface area contributed by atoms with Gasteiger partial charge in [0.05, 0.1) is 37.2 Å². The molecular formula is C18H16N4O. The molecule has 0 aliphatic rings. The van der Waals surface area contributed by atoms with Crippen LogP contribution >= 0.6 is 0 Å². The van der Waals surface area contributed by atoms with Gasteiger partial charge in [0, 0.05) is 29.7 Å². The summed E-state index contributed by atoms with van der Waals surface area (Å²) in [5.74, 6) is 0.757. The molecule has 0 spiro atoms. The molecule has 0 bridgehead atoms. The molecule has 0 fully saturated rings. The Balaban J connectivity index is 1.80. The highest BCUT2D eigenvalue weighted by Crippen LogP contribution is 2.29. The minimum atomic E-state index is 0.757. The predicted octanol–water partition coefficient (Wildman–Crippen LogP) is 3.64. The summed E-state index contributed by atoms with van der Waals surface area (Å²) in [6.45, 7) is 0. The Hall–Kier alpha value is -3.08. The third-order valence-electron chi connectivity index (χ3n) is 4.00. The molecule has 3 heterocycles. The van der Waals surface area contributed by atoms with Crippen molar-refractivity contribution in [2.45, 2.75) is 0 Å². The number of methoxy groups -OCH3 is 1. The topological polar surface area (TPSA) is 55.7 Å². The molecule has 5 nitrogen and oxygen atoms in total. The van der Waals surface area contributed by atoms with Crippen molar-refractivity contribution in [1.29, 1.82) is 0 Å². The van der Waals surface area contributed by atoms with Crippen LogP contribution in [0.15, 0.2) is 55.2 Å². The first-order chi connectivity index (χ1) is 11.2. The highest BCUT2D eigenvalue weighted by Gasteiger charge is 2.08. The number of aromatic amines is 1. The Morgan fingerprint density at radius 3 is 2.70 bits per heavy atom. The van der Waals surface area contributed by atoms with Crippen LogP contribution in [0.5, 0.6) is 5.75 Å². The van der Waals surface area contributed by atoms with Gasteiger partial charge in [-0.2, -0.15) is 0 Å². The number of fused-ring (bicyclic) bond motifs is 1. The number of aryl methyl sites for hydroxylation is 1. The van der Waals surface area contributed by atoms with E-state index in [4.69, 9.17) is 4.74 Å². The van der Waals surface area contributed by atoms with E-state index in [0.29, 0.717) is 0 Å². The van der Waals surface area contributed by atoms with Gasteiger partial charge in [-0.1, -0.05) is 6.07 Å². The maximum atomic E-state index is 5.25. The van der Waals surface area contributed by atoms with Crippen molar-refractivity contribution in [3.8, 4) is 28.3 Å². The average molecular weight is 304 g/mol. The lowest BCUT2D eigenvalue weighted by molar-refractivity contribution is 0.413. The average Bonchev–Trinajstić information content (AvgIpc) is 3.19. The van der Waals surface area contributed by atoms with Gasteiger partial charge in [0.15, 0.2) is 0 Å². The lowest BCUT2D eigenvalue weighted by atomic mass is 10.1. The fourth-order valence-corrected chi connectivity index (χ4v) is 2.76. The Kier molecular flexibility index (Phi) is 3.12. The Labute approximate surface area is 133 Å². The van der Waals surface area contributed by atoms with Crippen LogP contribution in [0.3, 0.4) is 0 Å². The number of rotatable bonds is 3. The van der Waals surface area contributed by atoms with E-state index in [1.807, 2.05) is 30.1 Å². The maximum Gasteiger partial charge on any atom is 0.137 e. The quantitative estimate of drug-likeness (QED) is 0.628. The van der Waals surface area contributed by atoms with E-state index >= 15 is 0 Å². The monoisotopic (exact) mass is 304 g/mol. The minimum absolute atomic E-state index is 0.757. The maximum absolute atomic E-state index is 5.25. The van der Waals surface area contributed by atoms with E-state index in [1.54, 1.807) is 19.6 Å². The lowest BCUT2D eigenvalue weighted by Crippen LogP contribution is -1.88. The van der Waals surface area contributed by atoms with Gasteiger partial charge >= 0.3 is 0 Å². The lowest BCUT2D eigenvalue weighted by Gasteiger charge is -2.04. The fraction of sp³-hybridized carbons (Fsp3) is 0.111. The Morgan fingerprint density at radius 2 is 1.91 bits per heavy atom. The van der Waals surface area contributed by atoms with Gasteiger partial charge < -0.3 is 14.3 Å². The van der Waals surface area contributed by atoms with E-state index in [9.17, 15) is 0 Å². The van der Waals surface area contributed by atoms with E-state index < -0.39 is 0 Å². The van der Waals surface area contributed by atoms with Gasteiger partial charge in [0.1, 0.15) is 5.75 Å². The van der Waals surface area contributed by atoms with Crippen LogP contribution in [0.25, 0.3) is 33.4 Å². The highest BCUT2D eigenvalue weighted by molar-refractivity contribution is 5.89. The number of nitrogens with one attached hydrogen (secondary N) is 1. The van der Waals surface area contributed by atoms with Crippen LogP contribution in [-0.4, -0.2) is 26.6 Å². The molecule has 114 valence electrons. The summed E-state index contributed by atoms with van der Waals surface area (Å²) in [6.07, 6.45) is 7.21. The second kappa shape index (κ2) is 5.28. The van der Waals surface area contributed by atoms with Crippen LogP contribution in [0, 0.1) is 0 Å². The summed E-state index contributed by atoms with van der Waals surface area (Å²) >= 11 is 0. The molecule has 23 heavy (non-hydrogen) atoms. The van der Waals surface area contributed by atoms with Gasteiger partial charge in [0.2, 0.25) is 0 Å². The fourth-order valence-electron chi connectivity index (χ4n) is 2.76. The SMILES string of the molecule is COc1cncc(-c2ccc3[nH]c(-c4cncn4C)cc3c2)c1. The molecule has 0 amide bonds. The minimum Gasteiger partial charge on any atom is -0.495 e. The molecule has 5 heteroatoms. The van der Waals surface area contributed by atoms with Crippen LogP contribution < -0.4 is 4.74 Å². The van der Waals surface area contributed by atoms with Crippen molar-refractivity contribution in [2.24, 2.45) is 7.05 Å². The van der Waals surface area contributed by atoms with Gasteiger partial charge in [-0.05, 0) is 29.8 Å². The second-order valence-electron chi connectivity index (χ2n) is 5.49. The molecule has 1 aromatic carbocycles. The number of nitrogens with zero attached hydrogens (tertiary/aromatic N) is 3. The molecular weight excluding hydrogens is 288 g/mol. The van der Waals surface area contributed by atoms with Gasteiger partial charge in [-0.15, -0.1) is 0 Å². The summed E-state index contributed by atoms with van der Waals surface area (Å²) in [5, 5.41) is 1.15. The molecule has 0 saturated carbocycles. The van der Waals surface area contributed by atoms with Crippen molar-refractivity contribution in [1.82, 2.24) is 19.5 Å². The molecule has 0 atom stereocenters. The number of ether oxygens (including phenoxy) is 1. The van der Waals surface area contributed by atoms with Gasteiger partial charge in [-0.3, -0.25) is 4.98 Å². The predicted molar refractivity (Wildman–Crippen MR) is 90.3 cm³/mol. The zero-order chi connectivity index (χ0) is 15.8. The number of aromatic nitrogens is 4. The molecule has 0 radical (unpaired) electrons. The molecule has 4 aromatic rings. The number of benzene rings is 1. The normalized spacial score (nSPS) is 11.0. The van der Waals surface area contributed by atoms with Crippen molar-refractivity contribution < 1.29 is 4.74 Å². The summed E-state index contributed by atoms with van der Waals surface area (Å²) in [6, 6.07) is 10.5. The van der Waals surface area contributed by atoms with E-state index in [1.165, 1.54) is 0 Å². The van der Waals surface area contributed by atoms with Crippen molar-refractivity contribution in [3.63, 3.8) is 0 Å². The van der Waals surface area contributed by atoms with Crippen molar-refractivity contribution in [2.75, 3.05) is 7.11 Å². The summed E-state index contributed by atoms with van der Waals surface area (Å²) in [5.41, 5.74) is 5.36. The Bertz CT molecular complexity index is 984. The van der Waals surface area contributed by atoms with E-state index in [0.717, 1.165) is 39.2 Å². The molecule has 3 aromatic heterocycles. The molecule has 0 saturated heterocycles. The largest absolute Gasteiger partial charge is 0.495 e. The van der Waals surface area contributed by atoms with Crippen LogP contribution in [0.2, 0.25) is 0 Å². The summed E-state index contributed by atoms with van der Waals surface area (Å²) in [4.78, 5) is 11.8. The number of pyridine rings is 1. The molecule has 4 rings (SSSR count). The standard InChI is InChI=1S/C18H16N4O/c1-22-11-20-10-18(22)17-7-13-5-12(3-4-16(13)21-17)14-6-15(23-2)9-19-8-14/h3-11,21H,1-2H3. The summed E-state index contributed by atoms with van der Waals surface area (Å²) in [7, 11) is 3.64. The smallest absolute Gasteiger partial charge is 0.137 e. The van der Waals surface area contributed by atoms with Crippen molar-refractivity contribution in [3.05, 3.63) is 55.2 Å². The zero-order valence-corrected chi connectivity index (χ0v) is 12.9. The third kappa shape index (κ3) is 2.36. The van der Waals surface area contributed by atoms with Crippen LogP contribution in [-0.2, 0) is 7.05 Å². The number of imidazole rings is 1. The van der Waals surface area contributed by atoms with Crippen molar-refractivity contribution >= 4 is 10.9 Å². The van der Waals surface area contributed by atoms with Gasteiger partial charge in [-0.25, -0.2) is 4.98 Å². The molecule has 1 N–H and O–H groups in total. The van der Waals surface area contributed by atoms with E-state index in [2.05, 4.69) is 39.2 Å².